The normalized spacial score (nSPS) is 31.5. The van der Waals surface area contributed by atoms with E-state index in [9.17, 15) is 4.39 Å². The van der Waals surface area contributed by atoms with Gasteiger partial charge in [-0.05, 0) is 36.8 Å². The lowest BCUT2D eigenvalue weighted by atomic mass is 9.66. The molecule has 140 valence electrons. The molecule has 3 aliphatic heterocycles. The third-order valence-electron chi connectivity index (χ3n) is 5.95. The van der Waals surface area contributed by atoms with Crippen LogP contribution in [0.5, 0.6) is 5.75 Å². The maximum absolute atomic E-state index is 14.2. The van der Waals surface area contributed by atoms with Gasteiger partial charge in [-0.25, -0.2) is 9.98 Å². The molecule has 0 saturated carbocycles. The van der Waals surface area contributed by atoms with Gasteiger partial charge >= 0.3 is 0 Å². The number of nitrogens with two attached hydrogens (primary N) is 1. The van der Waals surface area contributed by atoms with Crippen molar-refractivity contribution < 1.29 is 18.6 Å². The molecule has 0 radical (unpaired) electrons. The monoisotopic (exact) mass is 369 g/mol. The quantitative estimate of drug-likeness (QED) is 0.782. The topological polar surface area (TPSA) is 79.0 Å². The molecule has 1 unspecified atom stereocenters. The summed E-state index contributed by atoms with van der Waals surface area (Å²) < 4.78 is 32.0. The van der Waals surface area contributed by atoms with Gasteiger partial charge in [-0.2, -0.15) is 4.39 Å². The second kappa shape index (κ2) is 5.66. The summed E-state index contributed by atoms with van der Waals surface area (Å²) in [5.41, 5.74) is 6.76. The third-order valence-corrected chi connectivity index (χ3v) is 5.95. The zero-order valence-electron chi connectivity index (χ0n) is 14.9. The fraction of sp³-hybridized carbons (Fsp3) is 0.400. The van der Waals surface area contributed by atoms with Gasteiger partial charge in [0.1, 0.15) is 23.5 Å². The Morgan fingerprint density at radius 2 is 2.19 bits per heavy atom. The molecule has 0 aliphatic carbocycles. The summed E-state index contributed by atoms with van der Waals surface area (Å²) in [6.07, 6.45) is 2.19. The van der Waals surface area contributed by atoms with E-state index in [4.69, 9.17) is 24.9 Å². The molecule has 3 aliphatic rings. The van der Waals surface area contributed by atoms with Gasteiger partial charge in [-0.3, -0.25) is 0 Å². The lowest BCUT2D eigenvalue weighted by Crippen LogP contribution is -2.59. The van der Waals surface area contributed by atoms with Crippen LogP contribution in [0, 0.1) is 11.9 Å². The van der Waals surface area contributed by atoms with Gasteiger partial charge in [-0.1, -0.05) is 6.07 Å². The minimum Gasteiger partial charge on any atom is -0.487 e. The fourth-order valence-electron chi connectivity index (χ4n) is 4.52. The van der Waals surface area contributed by atoms with Crippen LogP contribution in [0.3, 0.4) is 0 Å². The number of rotatable bonds is 1. The number of benzene rings is 1. The summed E-state index contributed by atoms with van der Waals surface area (Å²) in [7, 11) is 0. The molecular weight excluding hydrogens is 349 g/mol. The number of amidine groups is 1. The van der Waals surface area contributed by atoms with Crippen LogP contribution in [0.1, 0.15) is 18.9 Å². The molecule has 1 saturated heterocycles. The molecular formula is C20H20FN3O3. The molecule has 1 aromatic heterocycles. The van der Waals surface area contributed by atoms with E-state index in [2.05, 4.69) is 11.9 Å². The molecule has 1 fully saturated rings. The van der Waals surface area contributed by atoms with Crippen LogP contribution in [-0.4, -0.2) is 36.4 Å². The Kier molecular flexibility index (Phi) is 3.46. The van der Waals surface area contributed by atoms with Gasteiger partial charge in [0.05, 0.1) is 19.1 Å². The van der Waals surface area contributed by atoms with E-state index in [1.54, 1.807) is 12.1 Å². The Morgan fingerprint density at radius 3 is 2.96 bits per heavy atom. The number of aromatic nitrogens is 1. The van der Waals surface area contributed by atoms with Crippen molar-refractivity contribution in [2.75, 3.05) is 19.8 Å². The molecule has 4 heterocycles. The summed E-state index contributed by atoms with van der Waals surface area (Å²) in [5, 5.41) is 0. The van der Waals surface area contributed by atoms with Crippen molar-refractivity contribution in [3.63, 3.8) is 0 Å². The third kappa shape index (κ3) is 2.34. The van der Waals surface area contributed by atoms with Crippen molar-refractivity contribution in [2.45, 2.75) is 24.5 Å². The van der Waals surface area contributed by atoms with E-state index >= 15 is 0 Å². The van der Waals surface area contributed by atoms with Crippen molar-refractivity contribution in [3.8, 4) is 16.9 Å². The first-order valence-electron chi connectivity index (χ1n) is 9.02. The van der Waals surface area contributed by atoms with E-state index in [1.807, 2.05) is 18.2 Å². The van der Waals surface area contributed by atoms with Crippen molar-refractivity contribution in [1.82, 2.24) is 4.98 Å². The van der Waals surface area contributed by atoms with E-state index < -0.39 is 17.1 Å². The van der Waals surface area contributed by atoms with Gasteiger partial charge in [-0.15, -0.1) is 0 Å². The van der Waals surface area contributed by atoms with E-state index in [0.29, 0.717) is 30.9 Å². The highest BCUT2D eigenvalue weighted by molar-refractivity contribution is 5.75. The smallest absolute Gasteiger partial charge is 0.283 e. The average molecular weight is 369 g/mol. The number of nitrogens with zero attached hydrogens (tertiary/aromatic N) is 2. The summed E-state index contributed by atoms with van der Waals surface area (Å²) in [5.74, 6) is 0.159. The number of pyridine rings is 1. The molecule has 3 atom stereocenters. The molecule has 6 nitrogen and oxygen atoms in total. The molecule has 0 bridgehead atoms. The standard InChI is InChI=1S/C20H20FN3O3/c1-19-6-8-25-10-16(19)20(11-26-18(22)24-20)14-9-12(4-5-15(14)27-19)13-3-2-7-23-17(13)21/h2-5,7,9,16H,6,8,10-11H2,1H3,(H2,22,24)/t16-,19+,20?/m1/s1. The summed E-state index contributed by atoms with van der Waals surface area (Å²) >= 11 is 0. The van der Waals surface area contributed by atoms with Crippen LogP contribution in [0.15, 0.2) is 41.5 Å². The molecule has 0 amide bonds. The highest BCUT2D eigenvalue weighted by atomic mass is 19.1. The zero-order chi connectivity index (χ0) is 18.6. The number of hydrogen-bond acceptors (Lipinski definition) is 6. The largest absolute Gasteiger partial charge is 0.487 e. The Balaban J connectivity index is 1.71. The molecule has 27 heavy (non-hydrogen) atoms. The minimum atomic E-state index is -0.707. The van der Waals surface area contributed by atoms with E-state index in [-0.39, 0.29) is 11.9 Å². The maximum atomic E-state index is 14.2. The minimum absolute atomic E-state index is 0.0544. The maximum Gasteiger partial charge on any atom is 0.283 e. The van der Waals surface area contributed by atoms with Crippen molar-refractivity contribution in [1.29, 1.82) is 0 Å². The first-order valence-corrected chi connectivity index (χ1v) is 9.02. The predicted molar refractivity (Wildman–Crippen MR) is 96.8 cm³/mol. The number of hydrogen-bond donors (Lipinski definition) is 1. The Morgan fingerprint density at radius 1 is 1.30 bits per heavy atom. The average Bonchev–Trinajstić information content (AvgIpc) is 3.04. The predicted octanol–water partition coefficient (Wildman–Crippen LogP) is 2.62. The van der Waals surface area contributed by atoms with Crippen LogP contribution in [0.25, 0.3) is 11.1 Å². The van der Waals surface area contributed by atoms with Gasteiger partial charge in [0.2, 0.25) is 5.95 Å². The van der Waals surface area contributed by atoms with Gasteiger partial charge in [0.25, 0.3) is 6.02 Å². The highest BCUT2D eigenvalue weighted by Gasteiger charge is 2.59. The Bertz CT molecular complexity index is 950. The second-order valence-electron chi connectivity index (χ2n) is 7.51. The molecule has 2 N–H and O–H groups in total. The second-order valence-corrected chi connectivity index (χ2v) is 7.51. The van der Waals surface area contributed by atoms with Crippen LogP contribution in [-0.2, 0) is 15.0 Å². The van der Waals surface area contributed by atoms with E-state index in [1.165, 1.54) is 6.20 Å². The zero-order valence-corrected chi connectivity index (χ0v) is 14.9. The Labute approximate surface area is 156 Å². The first-order chi connectivity index (χ1) is 13.0. The summed E-state index contributed by atoms with van der Waals surface area (Å²) in [4.78, 5) is 8.47. The van der Waals surface area contributed by atoms with Crippen LogP contribution >= 0.6 is 0 Å². The first kappa shape index (κ1) is 16.5. The lowest BCUT2D eigenvalue weighted by molar-refractivity contribution is -0.129. The van der Waals surface area contributed by atoms with Crippen molar-refractivity contribution >= 4 is 6.02 Å². The summed E-state index contributed by atoms with van der Waals surface area (Å²) in [6, 6.07) is 9.21. The highest BCUT2D eigenvalue weighted by Crippen LogP contribution is 2.54. The number of aliphatic imine (C=N–C) groups is 1. The van der Waals surface area contributed by atoms with Crippen LogP contribution < -0.4 is 10.5 Å². The SMILES string of the molecule is C[C@]12CCOC[C@H]1C1(COC(N)=N1)c1cc(-c3cccnc3F)ccc1O2. The van der Waals surface area contributed by atoms with E-state index in [0.717, 1.165) is 17.7 Å². The van der Waals surface area contributed by atoms with Crippen LogP contribution in [0.4, 0.5) is 4.39 Å². The van der Waals surface area contributed by atoms with Gasteiger partial charge in [0.15, 0.2) is 0 Å². The fourth-order valence-corrected chi connectivity index (χ4v) is 4.52. The molecule has 7 heteroatoms. The van der Waals surface area contributed by atoms with Crippen molar-refractivity contribution in [3.05, 3.63) is 48.0 Å². The number of fused-ring (bicyclic) bond motifs is 4. The molecule has 1 aromatic carbocycles. The van der Waals surface area contributed by atoms with Crippen LogP contribution in [0.2, 0.25) is 0 Å². The van der Waals surface area contributed by atoms with Crippen molar-refractivity contribution in [2.24, 2.45) is 16.6 Å². The number of halogens is 1. The molecule has 2 aromatic rings. The molecule has 1 spiro atoms. The molecule has 5 rings (SSSR count). The summed E-state index contributed by atoms with van der Waals surface area (Å²) in [6.45, 7) is 3.54. The number of ether oxygens (including phenoxy) is 3. The lowest BCUT2D eigenvalue weighted by Gasteiger charge is -2.52. The Hall–Kier alpha value is -2.67. The van der Waals surface area contributed by atoms with Gasteiger partial charge in [0, 0.05) is 23.7 Å². The van der Waals surface area contributed by atoms with Gasteiger partial charge < -0.3 is 19.9 Å².